The zero-order chi connectivity index (χ0) is 18.1. The smallest absolute Gasteiger partial charge is 0.337 e. The normalized spacial score (nSPS) is 11.2. The molecule has 0 aliphatic carbocycles. The molecule has 2 N–H and O–H groups in total. The summed E-state index contributed by atoms with van der Waals surface area (Å²) in [5.74, 6) is 1.64. The molecular weight excluding hydrogens is 369 g/mol. The van der Waals surface area contributed by atoms with Crippen LogP contribution in [0, 0.1) is 0 Å². The Morgan fingerprint density at radius 2 is 1.68 bits per heavy atom. The average molecular weight is 386 g/mol. The fourth-order valence-electron chi connectivity index (χ4n) is 1.92. The van der Waals surface area contributed by atoms with E-state index in [9.17, 15) is 18.0 Å². The minimum Gasteiger partial charge on any atom is -0.337 e. The monoisotopic (exact) mass is 386 g/mol. The Morgan fingerprint density at radius 1 is 1.00 bits per heavy atom. The van der Waals surface area contributed by atoms with Gasteiger partial charge in [-0.25, -0.2) is 4.79 Å². The van der Waals surface area contributed by atoms with E-state index in [4.69, 9.17) is 0 Å². The molecule has 0 heterocycles. The van der Waals surface area contributed by atoms with Crippen molar-refractivity contribution in [2.24, 2.45) is 0 Å². The largest absolute Gasteiger partial charge is 0.446 e. The topological polar surface area (TPSA) is 41.1 Å². The first-order chi connectivity index (χ1) is 11.9. The molecule has 0 aliphatic heterocycles. The number of hydrogen-bond acceptors (Lipinski definition) is 3. The van der Waals surface area contributed by atoms with E-state index >= 15 is 0 Å². The van der Waals surface area contributed by atoms with Gasteiger partial charge in [-0.1, -0.05) is 30.3 Å². The molecule has 2 aromatic carbocycles. The summed E-state index contributed by atoms with van der Waals surface area (Å²) >= 11 is 1.52. The van der Waals surface area contributed by atoms with Crippen molar-refractivity contribution in [3.8, 4) is 0 Å². The summed E-state index contributed by atoms with van der Waals surface area (Å²) in [6, 6.07) is 15.2. The number of urea groups is 1. The molecule has 25 heavy (non-hydrogen) atoms. The summed E-state index contributed by atoms with van der Waals surface area (Å²) in [7, 11) is 0. The van der Waals surface area contributed by atoms with Crippen LogP contribution in [0.2, 0.25) is 0 Å². The highest BCUT2D eigenvalue weighted by atomic mass is 32.2. The predicted molar refractivity (Wildman–Crippen MR) is 98.0 cm³/mol. The zero-order valence-corrected chi connectivity index (χ0v) is 14.8. The van der Waals surface area contributed by atoms with Crippen LogP contribution in [0.3, 0.4) is 0 Å². The number of carbonyl (C=O) groups excluding carboxylic acids is 1. The third-order valence-electron chi connectivity index (χ3n) is 2.99. The second-order valence-corrected chi connectivity index (χ2v) is 7.23. The van der Waals surface area contributed by atoms with E-state index in [0.717, 1.165) is 11.5 Å². The number of alkyl halides is 3. The lowest BCUT2D eigenvalue weighted by Gasteiger charge is -2.09. The Balaban J connectivity index is 1.64. The Bertz CT molecular complexity index is 664. The Hall–Kier alpha value is -1.80. The van der Waals surface area contributed by atoms with E-state index in [2.05, 4.69) is 10.6 Å². The highest BCUT2D eigenvalue weighted by Crippen LogP contribution is 2.36. The maximum atomic E-state index is 12.2. The molecule has 134 valence electrons. The van der Waals surface area contributed by atoms with Gasteiger partial charge in [0.2, 0.25) is 0 Å². The highest BCUT2D eigenvalue weighted by molar-refractivity contribution is 8.00. The van der Waals surface area contributed by atoms with E-state index in [1.54, 1.807) is 11.8 Å². The van der Waals surface area contributed by atoms with Crippen LogP contribution in [0.1, 0.15) is 5.56 Å². The number of carbonyl (C=O) groups is 1. The van der Waals surface area contributed by atoms with Crippen LogP contribution in [-0.4, -0.2) is 23.8 Å². The minimum absolute atomic E-state index is 0.0794. The number of benzene rings is 2. The first-order valence-electron chi connectivity index (χ1n) is 7.45. The second kappa shape index (κ2) is 9.62. The first-order valence-corrected chi connectivity index (χ1v) is 9.42. The third-order valence-corrected chi connectivity index (χ3v) is 4.76. The molecule has 0 aromatic heterocycles. The number of hydrogen-bond donors (Lipinski definition) is 2. The van der Waals surface area contributed by atoms with Gasteiger partial charge in [0.15, 0.2) is 0 Å². The van der Waals surface area contributed by atoms with Gasteiger partial charge in [0, 0.05) is 28.6 Å². The summed E-state index contributed by atoms with van der Waals surface area (Å²) in [5.41, 5.74) is -2.64. The lowest BCUT2D eigenvalue weighted by atomic mass is 10.2. The molecule has 0 atom stereocenters. The molecule has 2 rings (SSSR count). The standard InChI is InChI=1S/C17H17F3N2OS2/c18-17(19,20)25-15-8-6-14(7-9-15)22-16(23)21-10-11-24-12-13-4-2-1-3-5-13/h1-9H,10-12H2,(H2,21,22,23). The molecule has 8 heteroatoms. The molecule has 2 aromatic rings. The lowest BCUT2D eigenvalue weighted by Crippen LogP contribution is -2.30. The molecule has 0 saturated carbocycles. The molecule has 0 spiro atoms. The number of amides is 2. The van der Waals surface area contributed by atoms with E-state index in [1.807, 2.05) is 30.3 Å². The van der Waals surface area contributed by atoms with Crippen molar-refractivity contribution in [2.45, 2.75) is 16.2 Å². The van der Waals surface area contributed by atoms with Gasteiger partial charge in [0.1, 0.15) is 0 Å². The minimum atomic E-state index is -4.32. The van der Waals surface area contributed by atoms with E-state index in [-0.39, 0.29) is 22.7 Å². The molecule has 0 saturated heterocycles. The van der Waals surface area contributed by atoms with Crippen LogP contribution in [0.25, 0.3) is 0 Å². The summed E-state index contributed by atoms with van der Waals surface area (Å²) < 4.78 is 36.7. The Kier molecular flexibility index (Phi) is 7.52. The van der Waals surface area contributed by atoms with Crippen molar-refractivity contribution in [3.63, 3.8) is 0 Å². The molecule has 0 unspecified atom stereocenters. The van der Waals surface area contributed by atoms with Crippen LogP contribution in [0.4, 0.5) is 23.7 Å². The zero-order valence-electron chi connectivity index (χ0n) is 13.2. The molecule has 0 fully saturated rings. The summed E-state index contributed by atoms with van der Waals surface area (Å²) in [6.07, 6.45) is 0. The number of nitrogens with one attached hydrogen (secondary N) is 2. The highest BCUT2D eigenvalue weighted by Gasteiger charge is 2.28. The number of anilines is 1. The van der Waals surface area contributed by atoms with Crippen molar-refractivity contribution in [1.82, 2.24) is 5.32 Å². The molecule has 0 bridgehead atoms. The lowest BCUT2D eigenvalue weighted by molar-refractivity contribution is -0.0328. The Morgan fingerprint density at radius 3 is 2.32 bits per heavy atom. The molecule has 0 aliphatic rings. The van der Waals surface area contributed by atoms with Crippen LogP contribution in [0.15, 0.2) is 59.5 Å². The fourth-order valence-corrected chi connectivity index (χ4v) is 3.27. The first kappa shape index (κ1) is 19.5. The number of thioether (sulfide) groups is 2. The second-order valence-electron chi connectivity index (χ2n) is 4.99. The van der Waals surface area contributed by atoms with Crippen LogP contribution in [0.5, 0.6) is 0 Å². The third kappa shape index (κ3) is 8.22. The maximum Gasteiger partial charge on any atom is 0.446 e. The van der Waals surface area contributed by atoms with Gasteiger partial charge < -0.3 is 10.6 Å². The van der Waals surface area contributed by atoms with E-state index in [0.29, 0.717) is 12.2 Å². The van der Waals surface area contributed by atoms with Crippen molar-refractivity contribution in [1.29, 1.82) is 0 Å². The van der Waals surface area contributed by atoms with Crippen LogP contribution >= 0.6 is 23.5 Å². The van der Waals surface area contributed by atoms with Crippen molar-refractivity contribution < 1.29 is 18.0 Å². The number of rotatable bonds is 7. The van der Waals surface area contributed by atoms with Gasteiger partial charge in [-0.3, -0.25) is 0 Å². The molecule has 2 amide bonds. The average Bonchev–Trinajstić information content (AvgIpc) is 2.56. The maximum absolute atomic E-state index is 12.2. The molecule has 3 nitrogen and oxygen atoms in total. The van der Waals surface area contributed by atoms with Gasteiger partial charge >= 0.3 is 11.5 Å². The van der Waals surface area contributed by atoms with Crippen LogP contribution < -0.4 is 10.6 Å². The summed E-state index contributed by atoms with van der Waals surface area (Å²) in [6.45, 7) is 0.505. The molecule has 0 radical (unpaired) electrons. The van der Waals surface area contributed by atoms with Crippen LogP contribution in [-0.2, 0) is 5.75 Å². The Labute approximate surface area is 152 Å². The predicted octanol–water partition coefficient (Wildman–Crippen LogP) is 5.35. The molecular formula is C17H17F3N2OS2. The van der Waals surface area contributed by atoms with E-state index in [1.165, 1.54) is 29.8 Å². The van der Waals surface area contributed by atoms with Gasteiger partial charge in [0.25, 0.3) is 0 Å². The number of halogens is 3. The quantitative estimate of drug-likeness (QED) is 0.498. The van der Waals surface area contributed by atoms with E-state index < -0.39 is 5.51 Å². The van der Waals surface area contributed by atoms with Crippen molar-refractivity contribution in [2.75, 3.05) is 17.6 Å². The van der Waals surface area contributed by atoms with Gasteiger partial charge in [0.05, 0.1) is 0 Å². The summed E-state index contributed by atoms with van der Waals surface area (Å²) in [4.78, 5) is 11.8. The van der Waals surface area contributed by atoms with Gasteiger partial charge in [-0.15, -0.1) is 0 Å². The van der Waals surface area contributed by atoms with Gasteiger partial charge in [-0.2, -0.15) is 24.9 Å². The SMILES string of the molecule is O=C(NCCSCc1ccccc1)Nc1ccc(SC(F)(F)F)cc1. The summed E-state index contributed by atoms with van der Waals surface area (Å²) in [5, 5.41) is 5.30. The van der Waals surface area contributed by atoms with Gasteiger partial charge in [-0.05, 0) is 41.6 Å². The van der Waals surface area contributed by atoms with Crippen molar-refractivity contribution >= 4 is 35.2 Å². The fraction of sp³-hybridized carbons (Fsp3) is 0.235. The van der Waals surface area contributed by atoms with Crippen molar-refractivity contribution in [3.05, 3.63) is 60.2 Å².